The molecule has 2 heterocycles. The van der Waals surface area contributed by atoms with Crippen LogP contribution in [0.2, 0.25) is 0 Å². The molecule has 4 aromatic carbocycles. The fourth-order valence-corrected chi connectivity index (χ4v) is 8.38. The Bertz CT molecular complexity index is 2740. The van der Waals surface area contributed by atoms with Gasteiger partial charge in [0.05, 0.1) is 47.2 Å². The molecule has 0 aliphatic rings. The van der Waals surface area contributed by atoms with Gasteiger partial charge in [0.25, 0.3) is 5.91 Å². The van der Waals surface area contributed by atoms with Crippen LogP contribution in [0.25, 0.3) is 0 Å². The van der Waals surface area contributed by atoms with E-state index in [2.05, 4.69) is 89.8 Å². The molecule has 0 saturated heterocycles. The first-order valence-corrected chi connectivity index (χ1v) is 22.0. The minimum absolute atomic E-state index is 0.246. The van der Waals surface area contributed by atoms with Gasteiger partial charge in [-0.25, -0.2) is 0 Å². The molecular formula is C44H52N14O5S2+2. The van der Waals surface area contributed by atoms with Crippen molar-refractivity contribution in [2.75, 3.05) is 45.7 Å². The Morgan fingerprint density at radius 2 is 1.06 bits per heavy atom. The van der Waals surface area contributed by atoms with Gasteiger partial charge in [-0.05, 0) is 128 Å². The van der Waals surface area contributed by atoms with E-state index in [0.717, 1.165) is 10.1 Å². The maximum absolute atomic E-state index is 13.3. The quantitative estimate of drug-likeness (QED) is 0.0431. The number of azo groups is 2. The molecule has 6 rings (SSSR count). The summed E-state index contributed by atoms with van der Waals surface area (Å²) in [5.41, 5.74) is 5.12. The molecule has 0 unspecified atom stereocenters. The van der Waals surface area contributed by atoms with E-state index in [9.17, 15) is 14.4 Å². The fraction of sp³-hybridized carbons (Fsp3) is 0.295. The molecule has 0 aliphatic heterocycles. The Kier molecular flexibility index (Phi) is 15.1. The van der Waals surface area contributed by atoms with E-state index in [0.29, 0.717) is 78.5 Å². The van der Waals surface area contributed by atoms with Gasteiger partial charge in [0.1, 0.15) is 42.0 Å². The summed E-state index contributed by atoms with van der Waals surface area (Å²) in [7, 11) is 6.67. The van der Waals surface area contributed by atoms with Crippen LogP contribution in [0.1, 0.15) is 56.9 Å². The fourth-order valence-electron chi connectivity index (χ4n) is 6.59. The summed E-state index contributed by atoms with van der Waals surface area (Å²) in [6.07, 6.45) is 0. The average molecular weight is 921 g/mol. The third kappa shape index (κ3) is 12.0. The molecule has 0 aliphatic carbocycles. The molecule has 3 amide bonds. The summed E-state index contributed by atoms with van der Waals surface area (Å²) < 4.78 is 14.7. The number of anilines is 8. The second kappa shape index (κ2) is 20.9. The smallest absolute Gasteiger partial charge is 0.431 e. The minimum atomic E-state index is -0.311. The molecule has 21 heteroatoms. The number of methoxy groups -OCH3 is 2. The van der Waals surface area contributed by atoms with Gasteiger partial charge in [0, 0.05) is 60.7 Å². The van der Waals surface area contributed by atoms with Crippen LogP contribution in [0.3, 0.4) is 0 Å². The summed E-state index contributed by atoms with van der Waals surface area (Å²) in [5, 5.41) is 44.7. The van der Waals surface area contributed by atoms with E-state index < -0.39 is 0 Å². The van der Waals surface area contributed by atoms with E-state index in [1.807, 2.05) is 26.1 Å². The van der Waals surface area contributed by atoms with Gasteiger partial charge in [-0.2, -0.15) is 0 Å². The van der Waals surface area contributed by atoms with E-state index in [4.69, 9.17) is 9.47 Å². The topological polar surface area (TPSA) is 216 Å². The number of rotatable bonds is 17. The highest BCUT2D eigenvalue weighted by atomic mass is 32.1. The number of aromatic nitrogens is 4. The van der Waals surface area contributed by atoms with Crippen LogP contribution in [-0.4, -0.2) is 54.2 Å². The first-order chi connectivity index (χ1) is 31.0. The van der Waals surface area contributed by atoms with Crippen LogP contribution >= 0.6 is 22.7 Å². The predicted octanol–water partition coefficient (Wildman–Crippen LogP) is 9.68. The molecule has 0 atom stereocenters. The highest BCUT2D eigenvalue weighted by Gasteiger charge is 2.25. The molecule has 2 aromatic heterocycles. The lowest BCUT2D eigenvalue weighted by molar-refractivity contribution is -0.714. The Hall–Kier alpha value is -7.39. The van der Waals surface area contributed by atoms with Crippen LogP contribution in [-0.2, 0) is 23.7 Å². The first-order valence-electron chi connectivity index (χ1n) is 20.4. The third-order valence-electron chi connectivity index (χ3n) is 9.43. The van der Waals surface area contributed by atoms with Gasteiger partial charge in [-0.3, -0.25) is 14.4 Å². The third-order valence-corrected chi connectivity index (χ3v) is 11.3. The molecule has 0 bridgehead atoms. The predicted molar refractivity (Wildman–Crippen MR) is 254 cm³/mol. The van der Waals surface area contributed by atoms with Crippen molar-refractivity contribution in [3.05, 3.63) is 83.4 Å². The Balaban J connectivity index is 1.13. The minimum Gasteiger partial charge on any atom is -0.494 e. The lowest BCUT2D eigenvalue weighted by Crippen LogP contribution is -2.39. The molecule has 0 radical (unpaired) electrons. The zero-order valence-corrected chi connectivity index (χ0v) is 39.6. The summed E-state index contributed by atoms with van der Waals surface area (Å²) in [5.74, 6) is 0.0500. The second-order valence-electron chi connectivity index (χ2n) is 15.2. The van der Waals surface area contributed by atoms with Gasteiger partial charge >= 0.3 is 10.3 Å². The molecule has 19 nitrogen and oxygen atoms in total. The first kappa shape index (κ1) is 47.1. The number of benzene rings is 4. The SMILES string of the molecule is COc1cc(N=Nc2sc(C)n[n+]2C)c(NC(C)=O)cc1Nc1ccc(C(=O)Nc2ccc(Nc3cc(NC(C)=O)c(N=Nc4sc(N(C(C)C)C(C)C)n[n+]4C)cc3OC)cc2)cc1. The largest absolute Gasteiger partial charge is 0.494 e. The van der Waals surface area contributed by atoms with Crippen molar-refractivity contribution in [2.24, 2.45) is 34.6 Å². The summed E-state index contributed by atoms with van der Waals surface area (Å²) in [4.78, 5) is 39.9. The van der Waals surface area contributed by atoms with Crippen LogP contribution in [0.15, 0.2) is 93.3 Å². The summed E-state index contributed by atoms with van der Waals surface area (Å²) in [6.45, 7) is 13.2. The van der Waals surface area contributed by atoms with Gasteiger partial charge in [0.2, 0.25) is 16.9 Å². The highest BCUT2D eigenvalue weighted by molar-refractivity contribution is 7.18. The number of aryl methyl sites for hydroxylation is 3. The Labute approximate surface area is 384 Å². The van der Waals surface area contributed by atoms with Crippen molar-refractivity contribution >= 4 is 107 Å². The molecule has 0 fully saturated rings. The maximum Gasteiger partial charge on any atom is 0.431 e. The van der Waals surface area contributed by atoms with Crippen LogP contribution < -0.4 is 50.3 Å². The van der Waals surface area contributed by atoms with Crippen LogP contribution in [0.5, 0.6) is 11.5 Å². The van der Waals surface area contributed by atoms with E-state index in [1.165, 1.54) is 43.6 Å². The maximum atomic E-state index is 13.3. The number of carbonyl (C=O) groups is 3. The van der Waals surface area contributed by atoms with Crippen molar-refractivity contribution in [1.82, 2.24) is 10.2 Å². The van der Waals surface area contributed by atoms with Gasteiger partial charge in [-0.1, -0.05) is 10.2 Å². The van der Waals surface area contributed by atoms with Crippen molar-refractivity contribution < 1.29 is 33.2 Å². The molecule has 65 heavy (non-hydrogen) atoms. The van der Waals surface area contributed by atoms with Crippen molar-refractivity contribution in [3.63, 3.8) is 0 Å². The molecule has 6 aromatic rings. The lowest BCUT2D eigenvalue weighted by Gasteiger charge is -2.28. The number of nitrogens with one attached hydrogen (secondary N) is 5. The molecular weight excluding hydrogens is 869 g/mol. The monoisotopic (exact) mass is 920 g/mol. The Morgan fingerprint density at radius 1 is 0.615 bits per heavy atom. The second-order valence-corrected chi connectivity index (χ2v) is 17.3. The average Bonchev–Trinajstić information content (AvgIpc) is 3.78. The van der Waals surface area contributed by atoms with Gasteiger partial charge in [-0.15, -0.1) is 9.36 Å². The zero-order valence-electron chi connectivity index (χ0n) is 38.0. The summed E-state index contributed by atoms with van der Waals surface area (Å²) >= 11 is 2.81. The molecule has 0 spiro atoms. The number of ether oxygens (including phenoxy) is 2. The number of amides is 3. The van der Waals surface area contributed by atoms with Crippen molar-refractivity contribution in [1.29, 1.82) is 0 Å². The standard InChI is InChI=1S/C44H50N14O5S2/c1-24(2)58(25(3)4)44-55-57(9)43(65-44)53-51-36-23-40(63-11)38(21-34(36)46-27(6)60)48-31-16-18-32(19-17-31)49-41(61)29-12-14-30(15-13-29)47-37-20-33(45-26(5)59)35(22-39(37)62-10)50-52-42-56(8)54-28(7)64-42/h12-25H,1-11H3,(H3,45,46,47,48,49,50,51,59,60,61)/p+2. The number of nitrogens with zero attached hydrogens (tertiary/aromatic N) is 9. The molecule has 5 N–H and O–H groups in total. The number of carbonyl (C=O) groups excluding carboxylic acids is 3. The van der Waals surface area contributed by atoms with Gasteiger partial charge in [0.15, 0.2) is 0 Å². The normalized spacial score (nSPS) is 11.3. The van der Waals surface area contributed by atoms with E-state index in [-0.39, 0.29) is 29.8 Å². The van der Waals surface area contributed by atoms with Crippen LogP contribution in [0, 0.1) is 6.92 Å². The Morgan fingerprint density at radius 3 is 1.49 bits per heavy atom. The van der Waals surface area contributed by atoms with Crippen molar-refractivity contribution in [2.45, 2.75) is 60.5 Å². The van der Waals surface area contributed by atoms with E-state index in [1.54, 1.807) is 84.2 Å². The lowest BCUT2D eigenvalue weighted by atomic mass is 10.1. The highest BCUT2D eigenvalue weighted by Crippen LogP contribution is 2.41. The van der Waals surface area contributed by atoms with Gasteiger partial charge < -0.3 is 41.0 Å². The molecule has 0 saturated carbocycles. The number of hydrogen-bond acceptors (Lipinski definition) is 16. The van der Waals surface area contributed by atoms with Crippen LogP contribution in [0.4, 0.5) is 66.6 Å². The zero-order chi connectivity index (χ0) is 46.9. The van der Waals surface area contributed by atoms with E-state index >= 15 is 0 Å². The number of hydrogen-bond donors (Lipinski definition) is 5. The van der Waals surface area contributed by atoms with Crippen molar-refractivity contribution in [3.8, 4) is 11.5 Å². The summed E-state index contributed by atoms with van der Waals surface area (Å²) in [6, 6.07) is 21.4. The molecule has 338 valence electrons.